The molecule has 1 fully saturated rings. The molecule has 1 aliphatic rings. The van der Waals surface area contributed by atoms with Crippen molar-refractivity contribution >= 4 is 5.91 Å². The third-order valence-corrected chi connectivity index (χ3v) is 4.09. The smallest absolute Gasteiger partial charge is 0.254 e. The monoisotopic (exact) mass is 343 g/mol. The van der Waals surface area contributed by atoms with Gasteiger partial charge in [-0.15, -0.1) is 5.10 Å². The molecule has 1 saturated heterocycles. The van der Waals surface area contributed by atoms with Crippen molar-refractivity contribution in [1.29, 1.82) is 0 Å². The highest BCUT2D eigenvalue weighted by Crippen LogP contribution is 2.25. The van der Waals surface area contributed by atoms with Gasteiger partial charge in [-0.3, -0.25) is 4.79 Å². The van der Waals surface area contributed by atoms with E-state index in [1.54, 1.807) is 43.4 Å². The van der Waals surface area contributed by atoms with E-state index < -0.39 is 0 Å². The lowest BCUT2D eigenvalue weighted by Crippen LogP contribution is -2.31. The highest BCUT2D eigenvalue weighted by molar-refractivity contribution is 5.95. The fourth-order valence-electron chi connectivity index (χ4n) is 2.74. The van der Waals surface area contributed by atoms with Crippen molar-refractivity contribution in [1.82, 2.24) is 15.1 Å². The van der Waals surface area contributed by atoms with Gasteiger partial charge in [-0.2, -0.15) is 5.10 Å². The molecule has 0 radical (unpaired) electrons. The number of aromatic nitrogens is 2. The van der Waals surface area contributed by atoms with Gasteiger partial charge < -0.3 is 19.1 Å². The van der Waals surface area contributed by atoms with Crippen LogP contribution in [0.15, 0.2) is 30.3 Å². The molecule has 1 aromatic heterocycles. The number of ether oxygens (including phenoxy) is 3. The second kappa shape index (κ2) is 7.38. The molecule has 1 atom stereocenters. The quantitative estimate of drug-likeness (QED) is 0.828. The summed E-state index contributed by atoms with van der Waals surface area (Å²) in [5.41, 5.74) is 1.37. The number of carbonyl (C=O) groups excluding carboxylic acids is 1. The fraction of sp³-hybridized carbons (Fsp3) is 0.389. The molecule has 1 aromatic carbocycles. The number of amides is 1. The zero-order valence-electron chi connectivity index (χ0n) is 14.6. The van der Waals surface area contributed by atoms with Crippen molar-refractivity contribution in [3.8, 4) is 17.4 Å². The Kier molecular flexibility index (Phi) is 5.02. The number of rotatable bonds is 5. The minimum atomic E-state index is -0.0894. The van der Waals surface area contributed by atoms with Crippen LogP contribution in [0.1, 0.15) is 22.5 Å². The number of carbonyl (C=O) groups is 1. The normalized spacial score (nSPS) is 16.6. The zero-order valence-corrected chi connectivity index (χ0v) is 14.6. The predicted octanol–water partition coefficient (Wildman–Crippen LogP) is 2.10. The SMILES string of the molecule is COc1cc(OC)cc(C(=O)N2CC[C@@H](Oc3ccc(C)nn3)C2)c1. The Hall–Kier alpha value is -2.83. The third-order valence-electron chi connectivity index (χ3n) is 4.09. The molecule has 0 spiro atoms. The molecule has 7 heteroatoms. The van der Waals surface area contributed by atoms with Crippen molar-refractivity contribution < 1.29 is 19.0 Å². The lowest BCUT2D eigenvalue weighted by Gasteiger charge is -2.18. The summed E-state index contributed by atoms with van der Waals surface area (Å²) in [5, 5.41) is 7.98. The van der Waals surface area contributed by atoms with Crippen LogP contribution < -0.4 is 14.2 Å². The number of likely N-dealkylation sites (tertiary alicyclic amines) is 1. The minimum Gasteiger partial charge on any atom is -0.497 e. The van der Waals surface area contributed by atoms with Crippen LogP contribution in [0.2, 0.25) is 0 Å². The highest BCUT2D eigenvalue weighted by Gasteiger charge is 2.29. The van der Waals surface area contributed by atoms with E-state index in [0.717, 1.165) is 12.1 Å². The number of nitrogens with zero attached hydrogens (tertiary/aromatic N) is 3. The number of aryl methyl sites for hydroxylation is 1. The van der Waals surface area contributed by atoms with Crippen LogP contribution in [0.5, 0.6) is 17.4 Å². The Balaban J connectivity index is 1.67. The Morgan fingerprint density at radius 3 is 2.44 bits per heavy atom. The summed E-state index contributed by atoms with van der Waals surface area (Å²) >= 11 is 0. The average Bonchev–Trinajstić information content (AvgIpc) is 3.11. The summed E-state index contributed by atoms with van der Waals surface area (Å²) in [5.74, 6) is 1.58. The van der Waals surface area contributed by atoms with Gasteiger partial charge in [0.25, 0.3) is 5.91 Å². The third kappa shape index (κ3) is 3.99. The molecule has 0 unspecified atom stereocenters. The van der Waals surface area contributed by atoms with E-state index in [9.17, 15) is 4.79 Å². The standard InChI is InChI=1S/C18H21N3O4/c1-12-4-5-17(20-19-12)25-14-6-7-21(11-14)18(22)13-8-15(23-2)10-16(9-13)24-3/h4-5,8-10,14H,6-7,11H2,1-3H3/t14-/m1/s1. The Morgan fingerprint density at radius 2 is 1.84 bits per heavy atom. The largest absolute Gasteiger partial charge is 0.497 e. The summed E-state index contributed by atoms with van der Waals surface area (Å²) in [4.78, 5) is 14.5. The van der Waals surface area contributed by atoms with E-state index in [1.807, 2.05) is 13.0 Å². The van der Waals surface area contributed by atoms with Gasteiger partial charge in [0.15, 0.2) is 0 Å². The van der Waals surface area contributed by atoms with Gasteiger partial charge in [-0.05, 0) is 25.1 Å². The van der Waals surface area contributed by atoms with Crippen LogP contribution in [-0.4, -0.2) is 54.4 Å². The molecular formula is C18H21N3O4. The van der Waals surface area contributed by atoms with Crippen LogP contribution in [0.4, 0.5) is 0 Å². The molecule has 0 N–H and O–H groups in total. The van der Waals surface area contributed by atoms with E-state index in [-0.39, 0.29) is 12.0 Å². The first-order chi connectivity index (χ1) is 12.1. The van der Waals surface area contributed by atoms with E-state index in [2.05, 4.69) is 10.2 Å². The first-order valence-electron chi connectivity index (χ1n) is 8.08. The maximum Gasteiger partial charge on any atom is 0.254 e. The van der Waals surface area contributed by atoms with Gasteiger partial charge in [0.05, 0.1) is 26.5 Å². The van der Waals surface area contributed by atoms with Gasteiger partial charge in [-0.25, -0.2) is 0 Å². The fourth-order valence-corrected chi connectivity index (χ4v) is 2.74. The number of hydrogen-bond donors (Lipinski definition) is 0. The molecule has 2 heterocycles. The van der Waals surface area contributed by atoms with E-state index in [0.29, 0.717) is 36.0 Å². The molecule has 25 heavy (non-hydrogen) atoms. The summed E-state index contributed by atoms with van der Waals surface area (Å²) in [6.45, 7) is 3.01. The van der Waals surface area contributed by atoms with Crippen LogP contribution >= 0.6 is 0 Å². The number of benzene rings is 1. The van der Waals surface area contributed by atoms with Crippen LogP contribution in [0.25, 0.3) is 0 Å². The first kappa shape index (κ1) is 17.0. The molecule has 1 amide bonds. The summed E-state index contributed by atoms with van der Waals surface area (Å²) in [7, 11) is 3.12. The molecule has 0 aliphatic carbocycles. The molecular weight excluding hydrogens is 322 g/mol. The summed E-state index contributed by atoms with van der Waals surface area (Å²) < 4.78 is 16.3. The molecule has 2 aromatic rings. The van der Waals surface area contributed by atoms with Gasteiger partial charge >= 0.3 is 0 Å². The molecule has 132 valence electrons. The lowest BCUT2D eigenvalue weighted by molar-refractivity contribution is 0.0770. The average molecular weight is 343 g/mol. The van der Waals surface area contributed by atoms with Crippen molar-refractivity contribution in [3.05, 3.63) is 41.6 Å². The van der Waals surface area contributed by atoms with Crippen molar-refractivity contribution in [2.24, 2.45) is 0 Å². The highest BCUT2D eigenvalue weighted by atomic mass is 16.5. The first-order valence-corrected chi connectivity index (χ1v) is 8.08. The van der Waals surface area contributed by atoms with E-state index in [4.69, 9.17) is 14.2 Å². The van der Waals surface area contributed by atoms with Crippen molar-refractivity contribution in [2.45, 2.75) is 19.4 Å². The zero-order chi connectivity index (χ0) is 17.8. The topological polar surface area (TPSA) is 73.8 Å². The van der Waals surface area contributed by atoms with Gasteiger partial charge in [-0.1, -0.05) is 0 Å². The summed E-state index contributed by atoms with van der Waals surface area (Å²) in [6.07, 6.45) is 0.663. The maximum absolute atomic E-state index is 12.8. The number of hydrogen-bond acceptors (Lipinski definition) is 6. The lowest BCUT2D eigenvalue weighted by atomic mass is 10.1. The second-order valence-corrected chi connectivity index (χ2v) is 5.89. The minimum absolute atomic E-state index is 0.0710. The van der Waals surface area contributed by atoms with E-state index >= 15 is 0 Å². The summed E-state index contributed by atoms with van der Waals surface area (Å²) in [6, 6.07) is 8.81. The molecule has 0 bridgehead atoms. The maximum atomic E-state index is 12.8. The Morgan fingerprint density at radius 1 is 1.12 bits per heavy atom. The Labute approximate surface area is 146 Å². The van der Waals surface area contributed by atoms with E-state index in [1.165, 1.54) is 0 Å². The predicted molar refractivity (Wildman–Crippen MR) is 91.3 cm³/mol. The molecule has 0 saturated carbocycles. The molecule has 3 rings (SSSR count). The Bertz CT molecular complexity index is 726. The van der Waals surface area contributed by atoms with Crippen LogP contribution in [0.3, 0.4) is 0 Å². The van der Waals surface area contributed by atoms with Crippen molar-refractivity contribution in [3.63, 3.8) is 0 Å². The van der Waals surface area contributed by atoms with Gasteiger partial charge in [0.2, 0.25) is 5.88 Å². The van der Waals surface area contributed by atoms with Crippen LogP contribution in [-0.2, 0) is 0 Å². The molecule has 1 aliphatic heterocycles. The van der Waals surface area contributed by atoms with Crippen LogP contribution in [0, 0.1) is 6.92 Å². The van der Waals surface area contributed by atoms with Crippen molar-refractivity contribution in [2.75, 3.05) is 27.3 Å². The van der Waals surface area contributed by atoms with Gasteiger partial charge in [0.1, 0.15) is 17.6 Å². The number of methoxy groups -OCH3 is 2. The van der Waals surface area contributed by atoms with Gasteiger partial charge in [0, 0.05) is 30.7 Å². The molecule has 7 nitrogen and oxygen atoms in total. The second-order valence-electron chi connectivity index (χ2n) is 5.89.